The van der Waals surface area contributed by atoms with E-state index in [2.05, 4.69) is 4.90 Å². The molecule has 2 fully saturated rings. The number of carbonyl (C=O) groups is 2. The number of hydrogen-bond donors (Lipinski definition) is 0. The van der Waals surface area contributed by atoms with Gasteiger partial charge in [-0.15, -0.1) is 11.3 Å². The van der Waals surface area contributed by atoms with Crippen LogP contribution in [0, 0.1) is 11.7 Å². The van der Waals surface area contributed by atoms with E-state index < -0.39 is 0 Å². The molecule has 0 bridgehead atoms. The third-order valence-electron chi connectivity index (χ3n) is 7.28. The number of ether oxygens (including phenoxy) is 1. The summed E-state index contributed by atoms with van der Waals surface area (Å²) in [6.45, 7) is 5.33. The first-order valence-corrected chi connectivity index (χ1v) is 14.1. The highest BCUT2D eigenvalue weighted by atomic mass is 32.1. The zero-order chi connectivity index (χ0) is 25.2. The maximum Gasteiger partial charge on any atom is 0.242 e. The normalized spacial score (nSPS) is 16.8. The van der Waals surface area contributed by atoms with E-state index in [-0.39, 0.29) is 24.2 Å². The Bertz CT molecular complexity index is 941. The van der Waals surface area contributed by atoms with Gasteiger partial charge in [0.25, 0.3) is 0 Å². The Labute approximate surface area is 218 Å². The molecule has 1 aromatic carbocycles. The molecule has 0 N–H and O–H groups in total. The molecule has 36 heavy (non-hydrogen) atoms. The van der Waals surface area contributed by atoms with Crippen molar-refractivity contribution < 1.29 is 18.7 Å². The van der Waals surface area contributed by atoms with E-state index in [0.29, 0.717) is 45.2 Å². The molecule has 2 aromatic rings. The van der Waals surface area contributed by atoms with Crippen LogP contribution in [0.3, 0.4) is 0 Å². The lowest BCUT2D eigenvalue weighted by atomic mass is 10.0. The van der Waals surface area contributed by atoms with Crippen molar-refractivity contribution in [3.63, 3.8) is 0 Å². The van der Waals surface area contributed by atoms with Crippen LogP contribution >= 0.6 is 11.3 Å². The van der Waals surface area contributed by atoms with Crippen LogP contribution in [0.25, 0.3) is 0 Å². The van der Waals surface area contributed by atoms with Crippen molar-refractivity contribution in [3.05, 3.63) is 58.0 Å². The predicted octanol–water partition coefficient (Wildman–Crippen LogP) is 4.55. The van der Waals surface area contributed by atoms with Gasteiger partial charge in [0, 0.05) is 44.0 Å². The molecule has 1 aromatic heterocycles. The fourth-order valence-electron chi connectivity index (χ4n) is 5.06. The highest BCUT2D eigenvalue weighted by molar-refractivity contribution is 7.09. The van der Waals surface area contributed by atoms with Gasteiger partial charge in [-0.25, -0.2) is 4.39 Å². The molecule has 1 aliphatic heterocycles. The maximum atomic E-state index is 13.6. The molecule has 0 spiro atoms. The van der Waals surface area contributed by atoms with Gasteiger partial charge in [0.1, 0.15) is 5.82 Å². The first-order valence-electron chi connectivity index (χ1n) is 13.2. The maximum absolute atomic E-state index is 13.6. The summed E-state index contributed by atoms with van der Waals surface area (Å²) in [6, 6.07) is 10.3. The van der Waals surface area contributed by atoms with Crippen molar-refractivity contribution in [3.8, 4) is 0 Å². The van der Waals surface area contributed by atoms with Crippen LogP contribution in [0.5, 0.6) is 0 Å². The minimum Gasteiger partial charge on any atom is -0.379 e. The van der Waals surface area contributed by atoms with Gasteiger partial charge in [0.05, 0.1) is 26.3 Å². The Kier molecular flexibility index (Phi) is 10.3. The van der Waals surface area contributed by atoms with Crippen molar-refractivity contribution in [1.82, 2.24) is 14.7 Å². The molecule has 0 unspecified atom stereocenters. The number of thiophene rings is 1. The van der Waals surface area contributed by atoms with Gasteiger partial charge in [-0.1, -0.05) is 43.9 Å². The molecule has 0 atom stereocenters. The lowest BCUT2D eigenvalue weighted by Crippen LogP contribution is -2.47. The third kappa shape index (κ3) is 8.39. The lowest BCUT2D eigenvalue weighted by molar-refractivity contribution is -0.141. The first-order chi connectivity index (χ1) is 17.6. The fourth-order valence-corrected chi connectivity index (χ4v) is 5.78. The number of morpholine rings is 1. The molecular weight excluding hydrogens is 477 g/mol. The standard InChI is InChI=1S/C28H38FN3O3S/c29-25-10-7-24(8-11-25)20-32(21-26-6-3-19-36-26)28(34)22-31(14-13-30-15-17-35-18-16-30)27(33)12-9-23-4-1-2-5-23/h3,6-8,10-11,19,23H,1-2,4-5,9,12-18,20-22H2. The van der Waals surface area contributed by atoms with E-state index in [4.69, 9.17) is 4.74 Å². The Hall–Kier alpha value is -2.29. The number of benzene rings is 1. The number of amides is 2. The third-order valence-corrected chi connectivity index (χ3v) is 8.14. The number of carbonyl (C=O) groups excluding carboxylic acids is 2. The minimum atomic E-state index is -0.294. The molecule has 2 heterocycles. The average Bonchev–Trinajstić information content (AvgIpc) is 3.61. The molecule has 6 nitrogen and oxygen atoms in total. The highest BCUT2D eigenvalue weighted by Gasteiger charge is 2.24. The van der Waals surface area contributed by atoms with Crippen molar-refractivity contribution in [2.45, 2.75) is 51.6 Å². The van der Waals surface area contributed by atoms with Crippen LogP contribution in [0.15, 0.2) is 41.8 Å². The van der Waals surface area contributed by atoms with Crippen molar-refractivity contribution in [2.75, 3.05) is 45.9 Å². The monoisotopic (exact) mass is 515 g/mol. The molecular formula is C28H38FN3O3S. The smallest absolute Gasteiger partial charge is 0.242 e. The van der Waals surface area contributed by atoms with Crippen molar-refractivity contribution >= 4 is 23.2 Å². The molecule has 1 saturated carbocycles. The zero-order valence-corrected chi connectivity index (χ0v) is 21.9. The summed E-state index contributed by atoms with van der Waals surface area (Å²) in [6.07, 6.45) is 6.37. The topological polar surface area (TPSA) is 53.1 Å². The molecule has 0 radical (unpaired) electrons. The quantitative estimate of drug-likeness (QED) is 0.416. The molecule has 1 aliphatic carbocycles. The van der Waals surface area contributed by atoms with Crippen LogP contribution in [-0.4, -0.2) is 72.5 Å². The Morgan fingerprint density at radius 2 is 1.75 bits per heavy atom. The van der Waals surface area contributed by atoms with E-state index >= 15 is 0 Å². The van der Waals surface area contributed by atoms with E-state index in [1.54, 1.807) is 33.3 Å². The lowest BCUT2D eigenvalue weighted by Gasteiger charge is -2.31. The largest absolute Gasteiger partial charge is 0.379 e. The Balaban J connectivity index is 1.42. The van der Waals surface area contributed by atoms with Gasteiger partial charge in [-0.2, -0.15) is 0 Å². The van der Waals surface area contributed by atoms with Crippen LogP contribution in [0.1, 0.15) is 49.0 Å². The second-order valence-electron chi connectivity index (χ2n) is 9.91. The Morgan fingerprint density at radius 3 is 2.44 bits per heavy atom. The molecule has 196 valence electrons. The number of halogens is 1. The van der Waals surface area contributed by atoms with E-state index in [9.17, 15) is 14.0 Å². The first kappa shape index (κ1) is 26.8. The van der Waals surface area contributed by atoms with Gasteiger partial charge in [0.15, 0.2) is 0 Å². The summed E-state index contributed by atoms with van der Waals surface area (Å²) >= 11 is 1.61. The van der Waals surface area contributed by atoms with Gasteiger partial charge < -0.3 is 14.5 Å². The van der Waals surface area contributed by atoms with Gasteiger partial charge >= 0.3 is 0 Å². The van der Waals surface area contributed by atoms with E-state index in [1.165, 1.54) is 37.8 Å². The molecule has 4 rings (SSSR count). The van der Waals surface area contributed by atoms with Crippen LogP contribution < -0.4 is 0 Å². The van der Waals surface area contributed by atoms with Crippen LogP contribution in [-0.2, 0) is 27.4 Å². The SMILES string of the molecule is O=C(CCC1CCCC1)N(CCN1CCOCC1)CC(=O)N(Cc1ccc(F)cc1)Cc1cccs1. The number of nitrogens with zero attached hydrogens (tertiary/aromatic N) is 3. The second-order valence-corrected chi connectivity index (χ2v) is 10.9. The highest BCUT2D eigenvalue weighted by Crippen LogP contribution is 2.28. The molecule has 2 amide bonds. The summed E-state index contributed by atoms with van der Waals surface area (Å²) in [7, 11) is 0. The number of hydrogen-bond acceptors (Lipinski definition) is 5. The predicted molar refractivity (Wildman–Crippen MR) is 140 cm³/mol. The van der Waals surface area contributed by atoms with Gasteiger partial charge in [-0.3, -0.25) is 14.5 Å². The van der Waals surface area contributed by atoms with Crippen LogP contribution in [0.2, 0.25) is 0 Å². The summed E-state index contributed by atoms with van der Waals surface area (Å²) in [5.74, 6) is 0.335. The van der Waals surface area contributed by atoms with Crippen molar-refractivity contribution in [1.29, 1.82) is 0 Å². The van der Waals surface area contributed by atoms with Gasteiger partial charge in [-0.05, 0) is 41.5 Å². The summed E-state index contributed by atoms with van der Waals surface area (Å²) < 4.78 is 18.9. The Morgan fingerprint density at radius 1 is 1.00 bits per heavy atom. The van der Waals surface area contributed by atoms with Crippen LogP contribution in [0.4, 0.5) is 4.39 Å². The minimum absolute atomic E-state index is 0.0699. The summed E-state index contributed by atoms with van der Waals surface area (Å²) in [5.41, 5.74) is 0.869. The average molecular weight is 516 g/mol. The summed E-state index contributed by atoms with van der Waals surface area (Å²) in [5, 5.41) is 2.00. The second kappa shape index (κ2) is 13.9. The molecule has 8 heteroatoms. The zero-order valence-electron chi connectivity index (χ0n) is 21.1. The van der Waals surface area contributed by atoms with E-state index in [1.807, 2.05) is 17.5 Å². The summed E-state index contributed by atoms with van der Waals surface area (Å²) in [4.78, 5) is 33.8. The molecule has 2 aliphatic rings. The molecule has 1 saturated heterocycles. The van der Waals surface area contributed by atoms with Crippen molar-refractivity contribution in [2.24, 2.45) is 5.92 Å². The number of rotatable bonds is 12. The fraction of sp³-hybridized carbons (Fsp3) is 0.571. The van der Waals surface area contributed by atoms with E-state index in [0.717, 1.165) is 36.5 Å². The van der Waals surface area contributed by atoms with Gasteiger partial charge in [0.2, 0.25) is 11.8 Å².